The number of allylic oxidation sites excluding steroid dienone is 1. The van der Waals surface area contributed by atoms with E-state index < -0.39 is 12.0 Å². The number of esters is 1. The van der Waals surface area contributed by atoms with Crippen LogP contribution in [0.1, 0.15) is 38.1 Å². The molecule has 0 N–H and O–H groups in total. The Hall–Kier alpha value is -1.94. The van der Waals surface area contributed by atoms with Gasteiger partial charge in [-0.05, 0) is 70.3 Å². The summed E-state index contributed by atoms with van der Waals surface area (Å²) in [7, 11) is 0. The zero-order chi connectivity index (χ0) is 23.2. The third-order valence-electron chi connectivity index (χ3n) is 4.72. The summed E-state index contributed by atoms with van der Waals surface area (Å²) < 4.78 is 14.3. The number of hydrogen-bond acceptors (Lipinski definition) is 6. The van der Waals surface area contributed by atoms with Crippen molar-refractivity contribution in [3.63, 3.8) is 0 Å². The van der Waals surface area contributed by atoms with Crippen molar-refractivity contribution >= 4 is 66.8 Å². The van der Waals surface area contributed by atoms with Crippen molar-refractivity contribution in [3.05, 3.63) is 86.8 Å². The zero-order valence-electron chi connectivity index (χ0n) is 17.2. The van der Waals surface area contributed by atoms with E-state index in [0.29, 0.717) is 36.0 Å². The summed E-state index contributed by atoms with van der Waals surface area (Å²) in [6.07, 6.45) is 1.32. The molecule has 0 saturated carbocycles. The fourth-order valence-electron chi connectivity index (χ4n) is 3.41. The first kappa shape index (κ1) is 23.2. The first-order valence-electron chi connectivity index (χ1n) is 9.60. The normalized spacial score (nSPS) is 16.3. The predicted molar refractivity (Wildman–Crippen MR) is 131 cm³/mol. The Morgan fingerprint density at radius 2 is 2.06 bits per heavy atom. The third kappa shape index (κ3) is 4.31. The number of hydrogen-bond donors (Lipinski definition) is 0. The van der Waals surface area contributed by atoms with E-state index in [1.807, 2.05) is 6.07 Å². The van der Waals surface area contributed by atoms with Crippen LogP contribution in [0.4, 0.5) is 0 Å². The lowest BCUT2D eigenvalue weighted by atomic mass is 9.96. The van der Waals surface area contributed by atoms with Gasteiger partial charge in [0.1, 0.15) is 11.8 Å². The molecule has 2 aromatic heterocycles. The summed E-state index contributed by atoms with van der Waals surface area (Å²) in [6.45, 7) is 5.28. The van der Waals surface area contributed by atoms with E-state index in [2.05, 4.69) is 36.9 Å². The van der Waals surface area contributed by atoms with Crippen LogP contribution in [0.3, 0.4) is 0 Å². The molecule has 0 amide bonds. The number of carbonyl (C=O) groups excluding carboxylic acids is 1. The molecule has 0 spiro atoms. The Labute approximate surface area is 209 Å². The smallest absolute Gasteiger partial charge is 0.338 e. The minimum absolute atomic E-state index is 0.286. The number of rotatable bonds is 4. The van der Waals surface area contributed by atoms with Gasteiger partial charge in [-0.2, -0.15) is 0 Å². The molecule has 0 bridgehead atoms. The molecule has 1 unspecified atom stereocenters. The molecule has 32 heavy (non-hydrogen) atoms. The van der Waals surface area contributed by atoms with Crippen LogP contribution in [0.5, 0.6) is 0 Å². The number of benzene rings is 1. The van der Waals surface area contributed by atoms with Crippen molar-refractivity contribution in [3.8, 4) is 0 Å². The SMILES string of the molecule is CC1=C(C(=O)OC(C)C)C(c2ccccc2Cl)n2c(sc(=Cc3cc(Br)c(Br)o3)c2=O)=N1. The van der Waals surface area contributed by atoms with Crippen LogP contribution in [0.25, 0.3) is 6.08 Å². The lowest BCUT2D eigenvalue weighted by molar-refractivity contribution is -0.143. The van der Waals surface area contributed by atoms with Crippen molar-refractivity contribution in [1.29, 1.82) is 0 Å². The van der Waals surface area contributed by atoms with Crippen molar-refractivity contribution in [2.24, 2.45) is 4.99 Å². The summed E-state index contributed by atoms with van der Waals surface area (Å²) in [5.74, 6) is -0.0298. The first-order valence-corrected chi connectivity index (χ1v) is 12.4. The van der Waals surface area contributed by atoms with Gasteiger partial charge >= 0.3 is 5.97 Å². The van der Waals surface area contributed by atoms with Gasteiger partial charge in [0.25, 0.3) is 5.56 Å². The minimum Gasteiger partial charge on any atom is -0.459 e. The average Bonchev–Trinajstić information content (AvgIpc) is 3.19. The number of ether oxygens (including phenoxy) is 1. The minimum atomic E-state index is -0.761. The lowest BCUT2D eigenvalue weighted by Gasteiger charge is -2.26. The summed E-state index contributed by atoms with van der Waals surface area (Å²) in [5, 5.41) is 0.440. The van der Waals surface area contributed by atoms with Crippen LogP contribution in [0, 0.1) is 0 Å². The van der Waals surface area contributed by atoms with Crippen molar-refractivity contribution in [1.82, 2.24) is 4.57 Å². The van der Waals surface area contributed by atoms with E-state index in [1.165, 1.54) is 15.9 Å². The Kier molecular flexibility index (Phi) is 6.63. The molecule has 1 aromatic carbocycles. The molecule has 1 aliphatic rings. The highest BCUT2D eigenvalue weighted by molar-refractivity contribution is 9.13. The van der Waals surface area contributed by atoms with Crippen LogP contribution >= 0.6 is 54.8 Å². The van der Waals surface area contributed by atoms with E-state index in [9.17, 15) is 9.59 Å². The predicted octanol–water partition coefficient (Wildman–Crippen LogP) is 4.96. The van der Waals surface area contributed by atoms with Crippen LogP contribution in [0.15, 0.2) is 64.9 Å². The van der Waals surface area contributed by atoms with E-state index in [0.717, 1.165) is 4.47 Å². The number of fused-ring (bicyclic) bond motifs is 1. The topological polar surface area (TPSA) is 73.8 Å². The molecular formula is C22H17Br2ClN2O4S. The van der Waals surface area contributed by atoms with Gasteiger partial charge in [0.15, 0.2) is 9.47 Å². The lowest BCUT2D eigenvalue weighted by Crippen LogP contribution is -2.40. The Bertz CT molecular complexity index is 1420. The van der Waals surface area contributed by atoms with Crippen molar-refractivity contribution in [2.75, 3.05) is 0 Å². The maximum absolute atomic E-state index is 13.5. The maximum Gasteiger partial charge on any atom is 0.338 e. The van der Waals surface area contributed by atoms with Gasteiger partial charge in [0, 0.05) is 11.1 Å². The molecule has 3 aromatic rings. The van der Waals surface area contributed by atoms with Crippen LogP contribution < -0.4 is 14.9 Å². The number of furan rings is 1. The summed E-state index contributed by atoms with van der Waals surface area (Å²) in [4.78, 5) is 31.6. The highest BCUT2D eigenvalue weighted by Crippen LogP contribution is 2.34. The fourth-order valence-corrected chi connectivity index (χ4v) is 5.29. The van der Waals surface area contributed by atoms with Gasteiger partial charge in [0.05, 0.1) is 26.4 Å². The molecule has 0 fully saturated rings. The molecule has 6 nitrogen and oxygen atoms in total. The molecule has 3 heterocycles. The Balaban J connectivity index is 1.97. The van der Waals surface area contributed by atoms with Crippen LogP contribution in [0.2, 0.25) is 5.02 Å². The maximum atomic E-state index is 13.5. The largest absolute Gasteiger partial charge is 0.459 e. The quantitative estimate of drug-likeness (QED) is 0.397. The number of nitrogens with zero attached hydrogens (tertiary/aromatic N) is 2. The molecule has 10 heteroatoms. The monoisotopic (exact) mass is 598 g/mol. The molecule has 1 aliphatic heterocycles. The molecule has 166 valence electrons. The van der Waals surface area contributed by atoms with Crippen molar-refractivity contribution < 1.29 is 13.9 Å². The van der Waals surface area contributed by atoms with Crippen molar-refractivity contribution in [2.45, 2.75) is 32.9 Å². The van der Waals surface area contributed by atoms with E-state index in [4.69, 9.17) is 20.8 Å². The van der Waals surface area contributed by atoms with Gasteiger partial charge in [-0.25, -0.2) is 9.79 Å². The zero-order valence-corrected chi connectivity index (χ0v) is 21.9. The fraction of sp³-hybridized carbons (Fsp3) is 0.227. The molecular weight excluding hydrogens is 584 g/mol. The second-order valence-electron chi connectivity index (χ2n) is 7.33. The third-order valence-corrected chi connectivity index (χ3v) is 7.76. The van der Waals surface area contributed by atoms with Gasteiger partial charge in [0.2, 0.25) is 0 Å². The van der Waals surface area contributed by atoms with E-state index in [1.54, 1.807) is 51.1 Å². The number of aromatic nitrogens is 1. The van der Waals surface area contributed by atoms with Gasteiger partial charge < -0.3 is 9.15 Å². The average molecular weight is 601 g/mol. The van der Waals surface area contributed by atoms with E-state index >= 15 is 0 Å². The highest BCUT2D eigenvalue weighted by Gasteiger charge is 2.34. The van der Waals surface area contributed by atoms with Gasteiger partial charge in [-0.3, -0.25) is 9.36 Å². The molecule has 0 radical (unpaired) electrons. The molecule has 0 saturated heterocycles. The second-order valence-corrected chi connectivity index (χ2v) is 10.3. The van der Waals surface area contributed by atoms with E-state index in [-0.39, 0.29) is 17.2 Å². The number of carbonyl (C=O) groups is 1. The van der Waals surface area contributed by atoms with Gasteiger partial charge in [-0.15, -0.1) is 0 Å². The summed E-state index contributed by atoms with van der Waals surface area (Å²) in [5.41, 5.74) is 1.09. The molecule has 4 rings (SSSR count). The number of halogens is 3. The number of thiazole rings is 1. The summed E-state index contributed by atoms with van der Waals surface area (Å²) in [6, 6.07) is 8.13. The first-order chi connectivity index (χ1) is 15.2. The summed E-state index contributed by atoms with van der Waals surface area (Å²) >= 11 is 14.4. The molecule has 0 aliphatic carbocycles. The Morgan fingerprint density at radius 3 is 2.69 bits per heavy atom. The standard InChI is InChI=1S/C22H17Br2ClN2O4S/c1-10(2)30-21(29)17-11(3)26-22-27(18(17)13-6-4-5-7-15(13)25)20(28)16(32-22)9-12-8-14(23)19(24)31-12/h4-10,18H,1-3H3. The van der Waals surface area contributed by atoms with Gasteiger partial charge in [-0.1, -0.05) is 41.1 Å². The van der Waals surface area contributed by atoms with Crippen LogP contribution in [-0.2, 0) is 9.53 Å². The highest BCUT2D eigenvalue weighted by atomic mass is 79.9. The van der Waals surface area contributed by atoms with Crippen LogP contribution in [-0.4, -0.2) is 16.6 Å². The molecule has 1 atom stereocenters. The Morgan fingerprint density at radius 1 is 1.34 bits per heavy atom. The second kappa shape index (κ2) is 9.13.